The molecular weight excluding hydrogens is 327 g/mol. The maximum absolute atomic E-state index is 12.4. The van der Waals surface area contributed by atoms with E-state index in [0.717, 1.165) is 0 Å². The Morgan fingerprint density at radius 3 is 2.64 bits per heavy atom. The van der Waals surface area contributed by atoms with E-state index in [9.17, 15) is 9.90 Å². The van der Waals surface area contributed by atoms with Crippen molar-refractivity contribution in [2.75, 3.05) is 7.11 Å². The van der Waals surface area contributed by atoms with Gasteiger partial charge in [0.1, 0.15) is 22.1 Å². The third-order valence-corrected chi connectivity index (χ3v) is 3.90. The van der Waals surface area contributed by atoms with Gasteiger partial charge in [0.15, 0.2) is 5.76 Å². The average Bonchev–Trinajstić information content (AvgIpc) is 2.53. The van der Waals surface area contributed by atoms with Crippen molar-refractivity contribution in [1.29, 1.82) is 0 Å². The van der Waals surface area contributed by atoms with E-state index in [1.54, 1.807) is 24.3 Å². The van der Waals surface area contributed by atoms with Crippen molar-refractivity contribution in [2.24, 2.45) is 0 Å². The molecule has 0 amide bonds. The third kappa shape index (κ3) is 2.30. The Bertz CT molecular complexity index is 931. The molecule has 3 rings (SSSR count). The van der Waals surface area contributed by atoms with Crippen LogP contribution in [0.2, 0.25) is 10.0 Å². The van der Waals surface area contributed by atoms with Crippen molar-refractivity contribution in [3.8, 4) is 22.8 Å². The molecule has 1 aromatic heterocycles. The number of aromatic hydroxyl groups is 1. The van der Waals surface area contributed by atoms with E-state index in [4.69, 9.17) is 32.4 Å². The summed E-state index contributed by atoms with van der Waals surface area (Å²) in [7, 11) is 1.44. The van der Waals surface area contributed by atoms with Gasteiger partial charge in [-0.25, -0.2) is 0 Å². The molecular formula is C16H10Cl2O4. The Kier molecular flexibility index (Phi) is 3.72. The smallest absolute Gasteiger partial charge is 0.211 e. The zero-order chi connectivity index (χ0) is 15.9. The second-order valence-corrected chi connectivity index (χ2v) is 5.36. The number of halogens is 2. The molecule has 0 aliphatic carbocycles. The number of hydrogen-bond donors (Lipinski definition) is 1. The quantitative estimate of drug-likeness (QED) is 0.749. The van der Waals surface area contributed by atoms with Gasteiger partial charge in [-0.3, -0.25) is 4.79 Å². The van der Waals surface area contributed by atoms with Crippen LogP contribution in [0.3, 0.4) is 0 Å². The summed E-state index contributed by atoms with van der Waals surface area (Å²) in [5, 5.41) is 10.2. The average molecular weight is 337 g/mol. The number of para-hydroxylation sites is 1. The van der Waals surface area contributed by atoms with Crippen LogP contribution in [0.4, 0.5) is 0 Å². The van der Waals surface area contributed by atoms with Gasteiger partial charge in [0, 0.05) is 6.07 Å². The van der Waals surface area contributed by atoms with E-state index in [1.807, 2.05) is 0 Å². The Hall–Kier alpha value is -2.17. The van der Waals surface area contributed by atoms with Crippen molar-refractivity contribution in [3.63, 3.8) is 0 Å². The summed E-state index contributed by atoms with van der Waals surface area (Å²) in [6.45, 7) is 0. The predicted molar refractivity (Wildman–Crippen MR) is 86.2 cm³/mol. The molecule has 0 atom stereocenters. The first-order valence-electron chi connectivity index (χ1n) is 6.31. The molecule has 112 valence electrons. The minimum atomic E-state index is -0.352. The largest absolute Gasteiger partial charge is 0.506 e. The fourth-order valence-electron chi connectivity index (χ4n) is 2.18. The second-order valence-electron chi connectivity index (χ2n) is 4.57. The summed E-state index contributed by atoms with van der Waals surface area (Å²) in [5.41, 5.74) is 0.385. The van der Waals surface area contributed by atoms with E-state index in [1.165, 1.54) is 19.2 Å². The molecule has 4 nitrogen and oxygen atoms in total. The molecule has 3 aromatic rings. The van der Waals surface area contributed by atoms with E-state index in [2.05, 4.69) is 0 Å². The maximum Gasteiger partial charge on any atom is 0.211 e. The Balaban J connectivity index is 2.38. The van der Waals surface area contributed by atoms with Crippen LogP contribution >= 0.6 is 23.2 Å². The summed E-state index contributed by atoms with van der Waals surface area (Å²) in [6.07, 6.45) is 0. The zero-order valence-electron chi connectivity index (χ0n) is 11.4. The molecule has 0 aliphatic heterocycles. The first-order valence-corrected chi connectivity index (χ1v) is 7.06. The Labute approximate surface area is 135 Å². The monoisotopic (exact) mass is 336 g/mol. The van der Waals surface area contributed by atoms with Gasteiger partial charge >= 0.3 is 0 Å². The molecule has 0 saturated heterocycles. The molecule has 6 heteroatoms. The van der Waals surface area contributed by atoms with Crippen LogP contribution in [0.5, 0.6) is 11.5 Å². The zero-order valence-corrected chi connectivity index (χ0v) is 12.9. The van der Waals surface area contributed by atoms with Gasteiger partial charge < -0.3 is 14.3 Å². The number of phenolic OH excluding ortho intramolecular Hbond substituents is 1. The van der Waals surface area contributed by atoms with Crippen LogP contribution in [0.25, 0.3) is 22.3 Å². The molecule has 0 spiro atoms. The highest BCUT2D eigenvalue weighted by atomic mass is 35.5. The van der Waals surface area contributed by atoms with Crippen LogP contribution in [0.1, 0.15) is 0 Å². The highest BCUT2D eigenvalue weighted by Gasteiger charge is 2.19. The number of benzene rings is 2. The predicted octanol–water partition coefficient (Wildman–Crippen LogP) is 4.48. The molecule has 1 heterocycles. The van der Waals surface area contributed by atoms with Crippen molar-refractivity contribution < 1.29 is 14.3 Å². The van der Waals surface area contributed by atoms with Crippen LogP contribution in [0.15, 0.2) is 45.6 Å². The first kappa shape index (κ1) is 14.8. The van der Waals surface area contributed by atoms with Crippen molar-refractivity contribution in [2.45, 2.75) is 0 Å². The van der Waals surface area contributed by atoms with Crippen LogP contribution < -0.4 is 10.2 Å². The van der Waals surface area contributed by atoms with Gasteiger partial charge in [-0.1, -0.05) is 35.3 Å². The number of ether oxygens (including phenoxy) is 1. The van der Waals surface area contributed by atoms with E-state index < -0.39 is 0 Å². The summed E-state index contributed by atoms with van der Waals surface area (Å²) in [6, 6.07) is 9.55. The number of methoxy groups -OCH3 is 1. The lowest BCUT2D eigenvalue weighted by atomic mass is 10.1. The molecule has 0 aliphatic rings. The van der Waals surface area contributed by atoms with Gasteiger partial charge in [-0.05, 0) is 18.2 Å². The molecule has 0 fully saturated rings. The number of hydrogen-bond acceptors (Lipinski definition) is 4. The van der Waals surface area contributed by atoms with Gasteiger partial charge in [0.25, 0.3) is 0 Å². The lowest BCUT2D eigenvalue weighted by Crippen LogP contribution is -2.04. The van der Waals surface area contributed by atoms with E-state index >= 15 is 0 Å². The Morgan fingerprint density at radius 1 is 1.18 bits per heavy atom. The normalized spacial score (nSPS) is 10.9. The van der Waals surface area contributed by atoms with E-state index in [0.29, 0.717) is 22.3 Å². The van der Waals surface area contributed by atoms with Gasteiger partial charge in [0.2, 0.25) is 5.43 Å². The molecule has 0 unspecified atom stereocenters. The summed E-state index contributed by atoms with van der Waals surface area (Å²) < 4.78 is 11.0. The molecule has 22 heavy (non-hydrogen) atoms. The Morgan fingerprint density at radius 2 is 1.91 bits per heavy atom. The molecule has 0 bridgehead atoms. The van der Waals surface area contributed by atoms with Crippen molar-refractivity contribution in [1.82, 2.24) is 0 Å². The molecule has 0 radical (unpaired) electrons. The van der Waals surface area contributed by atoms with Crippen LogP contribution in [-0.2, 0) is 0 Å². The van der Waals surface area contributed by atoms with Crippen molar-refractivity contribution in [3.05, 3.63) is 56.7 Å². The minimum Gasteiger partial charge on any atom is -0.506 e. The van der Waals surface area contributed by atoms with Crippen LogP contribution in [-0.4, -0.2) is 12.2 Å². The van der Waals surface area contributed by atoms with E-state index in [-0.39, 0.29) is 27.0 Å². The van der Waals surface area contributed by atoms with Gasteiger partial charge in [-0.15, -0.1) is 0 Å². The summed E-state index contributed by atoms with van der Waals surface area (Å²) in [5.74, 6) is 0.293. The fourth-order valence-corrected chi connectivity index (χ4v) is 2.58. The summed E-state index contributed by atoms with van der Waals surface area (Å²) in [4.78, 5) is 12.4. The van der Waals surface area contributed by atoms with Crippen molar-refractivity contribution >= 4 is 34.2 Å². The van der Waals surface area contributed by atoms with Crippen LogP contribution in [0, 0.1) is 0 Å². The lowest BCUT2D eigenvalue weighted by molar-refractivity contribution is 0.412. The second kappa shape index (κ2) is 5.55. The first-order chi connectivity index (χ1) is 10.5. The number of rotatable bonds is 2. The van der Waals surface area contributed by atoms with Gasteiger partial charge in [-0.2, -0.15) is 0 Å². The maximum atomic E-state index is 12.4. The minimum absolute atomic E-state index is 0.0845. The van der Waals surface area contributed by atoms with Gasteiger partial charge in [0.05, 0.1) is 23.1 Å². The molecule has 1 N–H and O–H groups in total. The SMILES string of the molecule is COc1cc(Cl)c(O)cc1-c1oc2ccccc2c(=O)c1Cl. The highest BCUT2D eigenvalue weighted by molar-refractivity contribution is 6.34. The molecule has 2 aromatic carbocycles. The lowest BCUT2D eigenvalue weighted by Gasteiger charge is -2.11. The molecule has 0 saturated carbocycles. The third-order valence-electron chi connectivity index (χ3n) is 3.26. The summed E-state index contributed by atoms with van der Waals surface area (Å²) >= 11 is 12.0. The number of fused-ring (bicyclic) bond motifs is 1. The highest BCUT2D eigenvalue weighted by Crippen LogP contribution is 2.40. The standard InChI is InChI=1S/C16H10Cl2O4/c1-21-13-7-10(17)11(19)6-9(13)16-14(18)15(20)8-4-2-3-5-12(8)22-16/h2-7,19H,1H3. The fraction of sp³-hybridized carbons (Fsp3) is 0.0625. The number of phenols is 1. The topological polar surface area (TPSA) is 59.7 Å².